The third kappa shape index (κ3) is 25.1. The Kier molecular flexibility index (Phi) is 30.0. The van der Waals surface area contributed by atoms with Crippen molar-refractivity contribution in [2.75, 3.05) is 25.1 Å². The zero-order valence-corrected chi connectivity index (χ0v) is 46.3. The van der Waals surface area contributed by atoms with Crippen molar-refractivity contribution in [3.63, 3.8) is 0 Å². The number of carboxylic acid groups (broad SMARTS) is 1. The van der Waals surface area contributed by atoms with Crippen molar-refractivity contribution in [1.82, 2.24) is 63.1 Å². The molecule has 2 rings (SSSR count). The number of carboxylic acids is 1. The number of hydrogen-bond acceptors (Lipinski definition) is 16. The predicted octanol–water partition coefficient (Wildman–Crippen LogP) is -3.66. The molecule has 78 heavy (non-hydrogen) atoms. The van der Waals surface area contributed by atoms with Crippen molar-refractivity contribution in [3.05, 3.63) is 18.2 Å². The van der Waals surface area contributed by atoms with Gasteiger partial charge in [-0.3, -0.25) is 57.5 Å². The largest absolute Gasteiger partial charge is 0.481 e. The van der Waals surface area contributed by atoms with Gasteiger partial charge in [0.05, 0.1) is 18.9 Å². The second kappa shape index (κ2) is 34.8. The Balaban J connectivity index is 2.60. The molecule has 1 aliphatic rings. The molecule has 1 aliphatic heterocycles. The van der Waals surface area contributed by atoms with E-state index in [1.165, 1.54) is 38.1 Å². The van der Waals surface area contributed by atoms with Crippen LogP contribution in [0.5, 0.6) is 0 Å². The number of H-pyrrole nitrogens is 1. The average Bonchev–Trinajstić information content (AvgIpc) is 3.88. The van der Waals surface area contributed by atoms with E-state index in [1.807, 2.05) is 13.8 Å². The second-order valence-electron chi connectivity index (χ2n) is 20.1. The van der Waals surface area contributed by atoms with E-state index in [-0.39, 0.29) is 50.5 Å². The number of primary amides is 1. The Hall–Kier alpha value is -6.88. The molecule has 0 bridgehead atoms. The van der Waals surface area contributed by atoms with E-state index in [4.69, 9.17) is 11.5 Å². The molecule has 1 aromatic rings. The fourth-order valence-electron chi connectivity index (χ4n) is 7.96. The van der Waals surface area contributed by atoms with E-state index >= 15 is 0 Å². The fraction of sp³-hybridized carbons (Fsp3) is 0.694. The summed E-state index contributed by atoms with van der Waals surface area (Å²) in [5.74, 6) is -11.0. The van der Waals surface area contributed by atoms with Crippen LogP contribution in [0.25, 0.3) is 0 Å². The van der Waals surface area contributed by atoms with Gasteiger partial charge in [-0.15, -0.1) is 0 Å². The molecule has 0 radical (unpaired) electrons. The van der Waals surface area contributed by atoms with Crippen LogP contribution in [0.15, 0.2) is 12.5 Å². The number of hydrogen-bond donors (Lipinski definition) is 15. The summed E-state index contributed by atoms with van der Waals surface area (Å²) >= 11 is 1.32. The molecule has 1 fully saturated rings. The lowest BCUT2D eigenvalue weighted by Crippen LogP contribution is -2.61. The number of carbonyl (C=O) groups excluding carboxylic acids is 11. The van der Waals surface area contributed by atoms with Gasteiger partial charge in [0.25, 0.3) is 0 Å². The summed E-state index contributed by atoms with van der Waals surface area (Å²) in [4.78, 5) is 168. The van der Waals surface area contributed by atoms with Crippen LogP contribution in [-0.2, 0) is 64.0 Å². The Morgan fingerprint density at radius 2 is 1.14 bits per heavy atom. The van der Waals surface area contributed by atoms with Crippen molar-refractivity contribution in [3.8, 4) is 0 Å². The average molecular weight is 1120 g/mol. The summed E-state index contributed by atoms with van der Waals surface area (Å²) in [5, 5.41) is 45.3. The number of thioether (sulfide) groups is 1. The van der Waals surface area contributed by atoms with Crippen LogP contribution in [0.1, 0.15) is 118 Å². The SMILES string of the molecule is CSCC[C@@H]1NC(=O)[C@H](CN)NC(=O)[C@H](CCC(=O)O)NC(=O)[C@H]([C@@H](C)O)NC(=O)CCCCCCNC(=O)[C@H](CC(C)C)NC(=O)[C@H](CC(N)=O)NC(=O)[C@H](Cc2cnc[nH]2)NC(=O)[C@H](CC(C)C)NC(=O)[C@H](C)NC1=O. The topological polar surface area (TPSA) is 446 Å². The van der Waals surface area contributed by atoms with Crippen LogP contribution in [-0.4, -0.2) is 177 Å². The fourth-order valence-corrected chi connectivity index (χ4v) is 8.43. The second-order valence-corrected chi connectivity index (χ2v) is 21.0. The highest BCUT2D eigenvalue weighted by Crippen LogP contribution is 2.12. The molecule has 28 nitrogen and oxygen atoms in total. The van der Waals surface area contributed by atoms with Crippen LogP contribution in [0.4, 0.5) is 0 Å². The van der Waals surface area contributed by atoms with Gasteiger partial charge in [-0.2, -0.15) is 11.8 Å². The monoisotopic (exact) mass is 1120 g/mol. The van der Waals surface area contributed by atoms with Gasteiger partial charge in [0.2, 0.25) is 65.0 Å². The molecule has 0 spiro atoms. The first-order chi connectivity index (χ1) is 36.8. The minimum absolute atomic E-state index is 0.00996. The van der Waals surface area contributed by atoms with Crippen molar-refractivity contribution in [2.24, 2.45) is 23.3 Å². The Morgan fingerprint density at radius 1 is 0.641 bits per heavy atom. The Morgan fingerprint density at radius 3 is 1.72 bits per heavy atom. The first-order valence-electron chi connectivity index (χ1n) is 26.1. The van der Waals surface area contributed by atoms with E-state index in [2.05, 4.69) is 63.1 Å². The summed E-state index contributed by atoms with van der Waals surface area (Å²) < 4.78 is 0. The standard InChI is InChI=1S/C49H82N14O14S/c1-25(2)18-32-42(70)53-16-11-9-8-10-12-38(66)63-40(28(6)64)49(77)57-30(13-14-39(67)68)44(72)62-36(22-50)48(76)56-31(15-17-78-7)43(71)55-27(5)41(69)58-33(19-26(3)4)45(73)60-34(20-29-23-52-24-54-29)46(74)61-35(21-37(51)65)47(75)59-32/h23-28,30-36,40,64H,8-22,50H2,1-7H3,(H2,51,65)(H,52,54)(H,53,70)(H,55,71)(H,56,76)(H,57,77)(H,58,69)(H,59,75)(H,60,73)(H,61,74)(H,62,72)(H,63,66)(H,67,68)/t27-,28+,30-,31-,32-,33-,34-,35-,36-,40-/m0/s1. The molecule has 29 heteroatoms. The Bertz CT molecular complexity index is 2200. The van der Waals surface area contributed by atoms with Gasteiger partial charge >= 0.3 is 5.97 Å². The lowest BCUT2D eigenvalue weighted by molar-refractivity contribution is -0.139. The molecule has 2 heterocycles. The van der Waals surface area contributed by atoms with Crippen molar-refractivity contribution < 1.29 is 67.7 Å². The highest BCUT2D eigenvalue weighted by molar-refractivity contribution is 7.98. The van der Waals surface area contributed by atoms with Gasteiger partial charge in [-0.25, -0.2) is 4.98 Å². The third-order valence-corrected chi connectivity index (χ3v) is 12.8. The first kappa shape index (κ1) is 67.2. The van der Waals surface area contributed by atoms with Crippen molar-refractivity contribution in [2.45, 2.75) is 179 Å². The van der Waals surface area contributed by atoms with Gasteiger partial charge < -0.3 is 79.8 Å². The predicted molar refractivity (Wildman–Crippen MR) is 285 cm³/mol. The molecule has 11 amide bonds. The van der Waals surface area contributed by atoms with Crippen LogP contribution in [0.2, 0.25) is 0 Å². The Labute approximate surface area is 457 Å². The molecule has 1 saturated heterocycles. The first-order valence-corrected chi connectivity index (χ1v) is 27.5. The number of imidazole rings is 1. The maximum absolute atomic E-state index is 14.2. The zero-order valence-electron chi connectivity index (χ0n) is 45.5. The molecule has 0 aliphatic carbocycles. The number of aromatic amines is 1. The summed E-state index contributed by atoms with van der Waals surface area (Å²) in [5.41, 5.74) is 11.8. The number of rotatable bonds is 16. The van der Waals surface area contributed by atoms with E-state index in [9.17, 15) is 67.7 Å². The smallest absolute Gasteiger partial charge is 0.303 e. The van der Waals surface area contributed by atoms with E-state index in [1.54, 1.807) is 20.1 Å². The van der Waals surface area contributed by atoms with Crippen LogP contribution >= 0.6 is 11.8 Å². The minimum atomic E-state index is -1.62. The molecule has 0 saturated carbocycles. The lowest BCUT2D eigenvalue weighted by Gasteiger charge is -2.28. The number of amides is 11. The highest BCUT2D eigenvalue weighted by Gasteiger charge is 2.36. The maximum atomic E-state index is 14.2. The number of aromatic nitrogens is 2. The highest BCUT2D eigenvalue weighted by atomic mass is 32.2. The molecular weight excluding hydrogens is 1040 g/mol. The number of carbonyl (C=O) groups is 12. The molecule has 0 aromatic carbocycles. The van der Waals surface area contributed by atoms with Crippen molar-refractivity contribution >= 4 is 82.7 Å². The molecular formula is C49H82N14O14S. The molecule has 10 atom stereocenters. The quantitative estimate of drug-likeness (QED) is 0.0759. The molecule has 438 valence electrons. The summed E-state index contributed by atoms with van der Waals surface area (Å²) in [6.45, 7) is 9.31. The summed E-state index contributed by atoms with van der Waals surface area (Å²) in [6.07, 6.45) is 2.80. The number of aliphatic hydroxyl groups excluding tert-OH is 1. The van der Waals surface area contributed by atoms with Gasteiger partial charge in [0, 0.05) is 44.2 Å². The number of nitrogens with one attached hydrogen (secondary N) is 11. The van der Waals surface area contributed by atoms with E-state index < -0.39 is 157 Å². The molecule has 1 aromatic heterocycles. The minimum Gasteiger partial charge on any atom is -0.481 e. The molecule has 0 unspecified atom stereocenters. The number of aliphatic carboxylic acids is 1. The van der Waals surface area contributed by atoms with Crippen molar-refractivity contribution in [1.29, 1.82) is 0 Å². The number of nitrogens with two attached hydrogens (primary N) is 2. The van der Waals surface area contributed by atoms with E-state index in [0.717, 1.165) is 0 Å². The van der Waals surface area contributed by atoms with E-state index in [0.29, 0.717) is 37.1 Å². The lowest BCUT2D eigenvalue weighted by atomic mass is 10.0. The van der Waals surface area contributed by atoms with Gasteiger partial charge in [-0.05, 0) is 76.2 Å². The summed E-state index contributed by atoms with van der Waals surface area (Å²) in [6, 6.07) is -13.0. The normalized spacial score (nSPS) is 25.7. The van der Waals surface area contributed by atoms with Gasteiger partial charge in [0.15, 0.2) is 0 Å². The van der Waals surface area contributed by atoms with Gasteiger partial charge in [0.1, 0.15) is 54.4 Å². The number of aliphatic hydroxyl groups is 1. The number of nitrogens with zero attached hydrogens (tertiary/aromatic N) is 1. The van der Waals surface area contributed by atoms with Crippen LogP contribution in [0, 0.1) is 11.8 Å². The van der Waals surface area contributed by atoms with Crippen LogP contribution < -0.4 is 64.6 Å². The molecule has 17 N–H and O–H groups in total. The zero-order chi connectivity index (χ0) is 58.6. The van der Waals surface area contributed by atoms with Gasteiger partial charge in [-0.1, -0.05) is 40.5 Å². The maximum Gasteiger partial charge on any atom is 0.303 e. The summed E-state index contributed by atoms with van der Waals surface area (Å²) in [7, 11) is 0. The third-order valence-electron chi connectivity index (χ3n) is 12.2. The van der Waals surface area contributed by atoms with Crippen LogP contribution in [0.3, 0.4) is 0 Å².